The summed E-state index contributed by atoms with van der Waals surface area (Å²) in [5.74, 6) is 0.0530. The number of carbonyl (C=O) groups is 1. The van der Waals surface area contributed by atoms with Gasteiger partial charge in [0.05, 0.1) is 0 Å². The molecule has 0 spiro atoms. The Morgan fingerprint density at radius 3 is 2.88 bits per heavy atom. The summed E-state index contributed by atoms with van der Waals surface area (Å²) in [6, 6.07) is 6.02. The van der Waals surface area contributed by atoms with Crippen LogP contribution in [-0.4, -0.2) is 49.4 Å². The predicted octanol–water partition coefficient (Wildman–Crippen LogP) is 3.62. The largest absolute Gasteiger partial charge is 0.484 e. The van der Waals surface area contributed by atoms with E-state index in [-0.39, 0.29) is 5.75 Å². The number of piperidine rings is 1. The van der Waals surface area contributed by atoms with Gasteiger partial charge in [-0.2, -0.15) is 13.2 Å². The summed E-state index contributed by atoms with van der Waals surface area (Å²) in [5, 5.41) is 5.36. The van der Waals surface area contributed by atoms with Crippen LogP contribution in [0.2, 0.25) is 0 Å². The number of hydrogen-bond acceptors (Lipinski definition) is 3. The van der Waals surface area contributed by atoms with Gasteiger partial charge in [0.2, 0.25) is 0 Å². The number of carbonyl (C=O) groups excluding carboxylic acids is 1. The number of halogens is 3. The van der Waals surface area contributed by atoms with Crippen molar-refractivity contribution < 1.29 is 22.7 Å². The maximum absolute atomic E-state index is 12.2. The molecule has 2 N–H and O–H groups in total. The second-order valence-electron chi connectivity index (χ2n) is 6.19. The predicted molar refractivity (Wildman–Crippen MR) is 89.9 cm³/mol. The van der Waals surface area contributed by atoms with Gasteiger partial charge in [0.15, 0.2) is 6.61 Å². The lowest BCUT2D eigenvalue weighted by Crippen LogP contribution is -2.43. The van der Waals surface area contributed by atoms with Gasteiger partial charge in [-0.05, 0) is 38.4 Å². The highest BCUT2D eigenvalue weighted by molar-refractivity contribution is 5.89. The third kappa shape index (κ3) is 7.21. The number of rotatable bonds is 6. The van der Waals surface area contributed by atoms with Gasteiger partial charge in [0, 0.05) is 30.9 Å². The maximum Gasteiger partial charge on any atom is 0.422 e. The highest BCUT2D eigenvalue weighted by Gasteiger charge is 2.28. The molecule has 1 atom stereocenters. The Kier molecular flexibility index (Phi) is 6.92. The van der Waals surface area contributed by atoms with Crippen LogP contribution in [0.3, 0.4) is 0 Å². The van der Waals surface area contributed by atoms with E-state index in [1.54, 1.807) is 6.07 Å². The molecule has 2 amide bonds. The van der Waals surface area contributed by atoms with Crippen LogP contribution in [0.5, 0.6) is 5.75 Å². The lowest BCUT2D eigenvalue weighted by molar-refractivity contribution is -0.153. The monoisotopic (exact) mass is 359 g/mol. The molecule has 0 bridgehead atoms. The van der Waals surface area contributed by atoms with Crippen molar-refractivity contribution in [2.75, 3.05) is 31.6 Å². The normalized spacial score (nSPS) is 18.6. The number of ether oxygens (including phenoxy) is 1. The number of anilines is 1. The minimum Gasteiger partial charge on any atom is -0.484 e. The Morgan fingerprint density at radius 2 is 2.16 bits per heavy atom. The second-order valence-corrected chi connectivity index (χ2v) is 6.19. The van der Waals surface area contributed by atoms with Crippen LogP contribution in [0.15, 0.2) is 24.3 Å². The molecule has 0 aliphatic carbocycles. The van der Waals surface area contributed by atoms with E-state index in [4.69, 9.17) is 0 Å². The van der Waals surface area contributed by atoms with Crippen LogP contribution in [0.25, 0.3) is 0 Å². The van der Waals surface area contributed by atoms with E-state index < -0.39 is 18.8 Å². The number of alkyl halides is 3. The molecule has 1 fully saturated rings. The fraction of sp³-hybridized carbons (Fsp3) is 0.588. The number of benzene rings is 1. The smallest absolute Gasteiger partial charge is 0.422 e. The van der Waals surface area contributed by atoms with Crippen molar-refractivity contribution in [1.29, 1.82) is 0 Å². The first-order valence-electron chi connectivity index (χ1n) is 8.42. The third-order valence-electron chi connectivity index (χ3n) is 4.12. The number of likely N-dealkylation sites (tertiary alicyclic amines) is 1. The van der Waals surface area contributed by atoms with Crippen LogP contribution < -0.4 is 15.4 Å². The van der Waals surface area contributed by atoms with Crippen molar-refractivity contribution in [2.45, 2.75) is 38.4 Å². The van der Waals surface area contributed by atoms with Gasteiger partial charge in [0.25, 0.3) is 0 Å². The molecule has 8 heteroatoms. The first-order valence-corrected chi connectivity index (χ1v) is 8.42. The zero-order valence-electron chi connectivity index (χ0n) is 14.2. The molecular formula is C17H24F3N3O2. The molecule has 0 radical (unpaired) electrons. The molecule has 1 aromatic carbocycles. The molecule has 1 aliphatic rings. The summed E-state index contributed by atoms with van der Waals surface area (Å²) in [5.41, 5.74) is 0.378. The fourth-order valence-corrected chi connectivity index (χ4v) is 2.81. The Balaban J connectivity index is 1.74. The van der Waals surface area contributed by atoms with Gasteiger partial charge in [0.1, 0.15) is 5.75 Å². The van der Waals surface area contributed by atoms with Gasteiger partial charge < -0.3 is 15.4 Å². The molecule has 1 aliphatic heterocycles. The van der Waals surface area contributed by atoms with E-state index in [0.717, 1.165) is 13.1 Å². The van der Waals surface area contributed by atoms with E-state index in [1.165, 1.54) is 37.5 Å². The molecule has 0 aromatic heterocycles. The molecule has 2 rings (SSSR count). The molecule has 0 saturated carbocycles. The Hall–Kier alpha value is -1.96. The van der Waals surface area contributed by atoms with E-state index in [1.807, 2.05) is 0 Å². The topological polar surface area (TPSA) is 53.6 Å². The van der Waals surface area contributed by atoms with Gasteiger partial charge >= 0.3 is 12.2 Å². The lowest BCUT2D eigenvalue weighted by Gasteiger charge is -2.33. The number of nitrogens with one attached hydrogen (secondary N) is 2. The highest BCUT2D eigenvalue weighted by atomic mass is 19.4. The number of amides is 2. The number of urea groups is 1. The van der Waals surface area contributed by atoms with Gasteiger partial charge in [-0.1, -0.05) is 12.5 Å². The minimum absolute atomic E-state index is 0.0530. The zero-order chi connectivity index (χ0) is 18.3. The summed E-state index contributed by atoms with van der Waals surface area (Å²) in [6.07, 6.45) is -0.789. The van der Waals surface area contributed by atoms with E-state index in [0.29, 0.717) is 18.3 Å². The number of hydrogen-bond donors (Lipinski definition) is 2. The quantitative estimate of drug-likeness (QED) is 0.816. The molecule has 1 saturated heterocycles. The average Bonchev–Trinajstić information content (AvgIpc) is 2.54. The molecule has 1 unspecified atom stereocenters. The zero-order valence-corrected chi connectivity index (χ0v) is 14.2. The van der Waals surface area contributed by atoms with Crippen molar-refractivity contribution in [2.24, 2.45) is 0 Å². The molecule has 25 heavy (non-hydrogen) atoms. The molecule has 1 heterocycles. The Labute approximate surface area is 145 Å². The molecular weight excluding hydrogens is 335 g/mol. The first kappa shape index (κ1) is 19.4. The fourth-order valence-electron chi connectivity index (χ4n) is 2.81. The van der Waals surface area contributed by atoms with Crippen molar-refractivity contribution in [3.05, 3.63) is 24.3 Å². The van der Waals surface area contributed by atoms with Crippen LogP contribution in [0.4, 0.5) is 23.7 Å². The first-order chi connectivity index (χ1) is 11.8. The van der Waals surface area contributed by atoms with Gasteiger partial charge in [-0.25, -0.2) is 4.79 Å². The van der Waals surface area contributed by atoms with Crippen molar-refractivity contribution in [3.8, 4) is 5.75 Å². The molecule has 1 aromatic rings. The van der Waals surface area contributed by atoms with Crippen LogP contribution in [-0.2, 0) is 0 Å². The summed E-state index contributed by atoms with van der Waals surface area (Å²) in [7, 11) is 0. The SMILES string of the molecule is CC1CCCCN1CCNC(=O)Nc1cccc(OCC(F)(F)F)c1. The van der Waals surface area contributed by atoms with Gasteiger partial charge in [-0.3, -0.25) is 4.90 Å². The second kappa shape index (κ2) is 8.94. The minimum atomic E-state index is -4.40. The van der Waals surface area contributed by atoms with E-state index in [2.05, 4.69) is 27.2 Å². The van der Waals surface area contributed by atoms with E-state index in [9.17, 15) is 18.0 Å². The third-order valence-corrected chi connectivity index (χ3v) is 4.12. The maximum atomic E-state index is 12.2. The van der Waals surface area contributed by atoms with Crippen LogP contribution in [0, 0.1) is 0 Å². The van der Waals surface area contributed by atoms with Crippen LogP contribution >= 0.6 is 0 Å². The Bertz CT molecular complexity index is 566. The standard InChI is InChI=1S/C17H24F3N3O2/c1-13-5-2-3-9-23(13)10-8-21-16(24)22-14-6-4-7-15(11-14)25-12-17(18,19)20/h4,6-7,11,13H,2-3,5,8-10,12H2,1H3,(H2,21,22,24). The van der Waals surface area contributed by atoms with Crippen LogP contribution in [0.1, 0.15) is 26.2 Å². The lowest BCUT2D eigenvalue weighted by atomic mass is 10.0. The summed E-state index contributed by atoms with van der Waals surface area (Å²) in [4.78, 5) is 14.2. The van der Waals surface area contributed by atoms with Crippen molar-refractivity contribution in [1.82, 2.24) is 10.2 Å². The summed E-state index contributed by atoms with van der Waals surface area (Å²) < 4.78 is 41.2. The molecule has 5 nitrogen and oxygen atoms in total. The summed E-state index contributed by atoms with van der Waals surface area (Å²) in [6.45, 7) is 3.16. The average molecular weight is 359 g/mol. The molecule has 140 valence electrons. The Morgan fingerprint density at radius 1 is 1.36 bits per heavy atom. The van der Waals surface area contributed by atoms with Gasteiger partial charge in [-0.15, -0.1) is 0 Å². The van der Waals surface area contributed by atoms with Crippen molar-refractivity contribution >= 4 is 11.7 Å². The highest BCUT2D eigenvalue weighted by Crippen LogP contribution is 2.21. The van der Waals surface area contributed by atoms with E-state index >= 15 is 0 Å². The number of nitrogens with zero attached hydrogens (tertiary/aromatic N) is 1. The van der Waals surface area contributed by atoms with Crippen molar-refractivity contribution in [3.63, 3.8) is 0 Å². The summed E-state index contributed by atoms with van der Waals surface area (Å²) >= 11 is 0.